The monoisotopic (exact) mass is 385 g/mol. The molecular weight excluding hydrogens is 366 g/mol. The fraction of sp³-hybridized carbons (Fsp3) is 0.200. The molecule has 0 radical (unpaired) electrons. The minimum atomic E-state index is -0.802. The highest BCUT2D eigenvalue weighted by Crippen LogP contribution is 2.29. The van der Waals surface area contributed by atoms with Crippen molar-refractivity contribution in [3.8, 4) is 0 Å². The van der Waals surface area contributed by atoms with E-state index in [-0.39, 0.29) is 34.9 Å². The van der Waals surface area contributed by atoms with E-state index < -0.39 is 17.9 Å². The molecule has 2 rings (SSSR count). The van der Waals surface area contributed by atoms with Crippen LogP contribution in [0.1, 0.15) is 17.3 Å². The molecule has 8 nitrogen and oxygen atoms in total. The number of benzene rings is 1. The smallest absolute Gasteiger partial charge is 0.355 e. The summed E-state index contributed by atoms with van der Waals surface area (Å²) in [4.78, 5) is 49.6. The number of esters is 3. The Morgan fingerprint density at radius 2 is 1.61 bits per heavy atom. The molecule has 0 fully saturated rings. The van der Waals surface area contributed by atoms with Crippen LogP contribution in [0.5, 0.6) is 0 Å². The topological polar surface area (TPSA) is 99.2 Å². The Kier molecular flexibility index (Phi) is 6.86. The Bertz CT molecular complexity index is 896. The summed E-state index contributed by atoms with van der Waals surface area (Å²) in [6, 6.07) is 6.31. The minimum absolute atomic E-state index is 0.0498. The number of ether oxygens (including phenoxy) is 3. The van der Waals surface area contributed by atoms with Crippen LogP contribution >= 0.6 is 0 Å². The summed E-state index contributed by atoms with van der Waals surface area (Å²) in [6.07, 6.45) is 6.03. The van der Waals surface area contributed by atoms with Gasteiger partial charge in [0, 0.05) is 6.20 Å². The van der Waals surface area contributed by atoms with E-state index in [0.717, 1.165) is 0 Å². The van der Waals surface area contributed by atoms with Gasteiger partial charge in [-0.15, -0.1) is 0 Å². The summed E-state index contributed by atoms with van der Waals surface area (Å²) in [5.41, 5.74) is 0.177. The molecule has 0 N–H and O–H groups in total. The van der Waals surface area contributed by atoms with Gasteiger partial charge in [-0.2, -0.15) is 0 Å². The maximum absolute atomic E-state index is 12.5. The average molecular weight is 385 g/mol. The van der Waals surface area contributed by atoms with Gasteiger partial charge in [-0.25, -0.2) is 14.4 Å². The Balaban J connectivity index is 2.61. The molecule has 0 unspecified atom stereocenters. The van der Waals surface area contributed by atoms with Crippen molar-refractivity contribution >= 4 is 29.4 Å². The van der Waals surface area contributed by atoms with Gasteiger partial charge in [0.2, 0.25) is 0 Å². The van der Waals surface area contributed by atoms with Gasteiger partial charge in [-0.1, -0.05) is 18.2 Å². The van der Waals surface area contributed by atoms with Crippen molar-refractivity contribution in [3.05, 3.63) is 65.5 Å². The fourth-order valence-electron chi connectivity index (χ4n) is 2.45. The molecule has 1 heterocycles. The average Bonchev–Trinajstić information content (AvgIpc) is 2.93. The van der Waals surface area contributed by atoms with E-state index in [1.165, 1.54) is 44.4 Å². The van der Waals surface area contributed by atoms with Crippen LogP contribution in [0.2, 0.25) is 0 Å². The maximum Gasteiger partial charge on any atom is 0.355 e. The number of methoxy groups -OCH3 is 2. The lowest BCUT2D eigenvalue weighted by Gasteiger charge is -2.24. The van der Waals surface area contributed by atoms with Gasteiger partial charge in [0.05, 0.1) is 31.0 Å². The van der Waals surface area contributed by atoms with Crippen molar-refractivity contribution in [2.45, 2.75) is 6.92 Å². The lowest BCUT2D eigenvalue weighted by Crippen LogP contribution is -2.28. The van der Waals surface area contributed by atoms with Gasteiger partial charge >= 0.3 is 17.9 Å². The molecule has 0 bridgehead atoms. The first kappa shape index (κ1) is 20.6. The standard InChI is InChI=1S/C20H19NO7/c1-13(22)12-28-19(24)14-8-4-5-10-16(14)21-11-7-6-9-15(18(23)26-2)17(21)20(25)27-3/h4-11H,12H2,1-3H3. The van der Waals surface area contributed by atoms with E-state index in [2.05, 4.69) is 0 Å². The third-order valence-corrected chi connectivity index (χ3v) is 3.68. The number of ketones is 1. The lowest BCUT2D eigenvalue weighted by atomic mass is 10.1. The second-order valence-corrected chi connectivity index (χ2v) is 5.61. The predicted octanol–water partition coefficient (Wildman–Crippen LogP) is 1.92. The maximum atomic E-state index is 12.5. The minimum Gasteiger partial charge on any atom is -0.465 e. The molecular formula is C20H19NO7. The van der Waals surface area contributed by atoms with Gasteiger partial charge in [0.25, 0.3) is 0 Å². The normalized spacial score (nSPS) is 13.0. The number of hydrogen-bond donors (Lipinski definition) is 0. The highest BCUT2D eigenvalue weighted by Gasteiger charge is 2.29. The molecule has 0 saturated carbocycles. The fourth-order valence-corrected chi connectivity index (χ4v) is 2.45. The van der Waals surface area contributed by atoms with Gasteiger partial charge in [-0.3, -0.25) is 4.79 Å². The molecule has 0 aliphatic carbocycles. The van der Waals surface area contributed by atoms with Crippen molar-refractivity contribution in [1.82, 2.24) is 0 Å². The first-order valence-corrected chi connectivity index (χ1v) is 8.21. The molecule has 0 aromatic heterocycles. The molecule has 0 spiro atoms. The largest absolute Gasteiger partial charge is 0.465 e. The molecule has 28 heavy (non-hydrogen) atoms. The van der Waals surface area contributed by atoms with Crippen LogP contribution < -0.4 is 4.90 Å². The van der Waals surface area contributed by atoms with Gasteiger partial charge in [0.15, 0.2) is 5.78 Å². The number of allylic oxidation sites excluding steroid dienone is 2. The first-order valence-electron chi connectivity index (χ1n) is 8.21. The van der Waals surface area contributed by atoms with E-state index in [4.69, 9.17) is 14.2 Å². The molecule has 1 aromatic rings. The van der Waals surface area contributed by atoms with E-state index >= 15 is 0 Å². The van der Waals surface area contributed by atoms with Crippen molar-refractivity contribution in [2.75, 3.05) is 25.7 Å². The summed E-state index contributed by atoms with van der Waals surface area (Å²) in [6.45, 7) is 0.917. The molecule has 0 amide bonds. The van der Waals surface area contributed by atoms with Crippen molar-refractivity contribution in [1.29, 1.82) is 0 Å². The van der Waals surface area contributed by atoms with Gasteiger partial charge in [-0.05, 0) is 31.2 Å². The molecule has 1 aliphatic heterocycles. The van der Waals surface area contributed by atoms with Crippen molar-refractivity contribution in [3.63, 3.8) is 0 Å². The molecule has 1 aliphatic rings. The second kappa shape index (κ2) is 9.31. The van der Waals surface area contributed by atoms with E-state index in [0.29, 0.717) is 0 Å². The number of carbonyl (C=O) groups excluding carboxylic acids is 4. The summed E-state index contributed by atoms with van der Waals surface area (Å²) in [5.74, 6) is -2.61. The van der Waals surface area contributed by atoms with Crippen molar-refractivity contribution in [2.24, 2.45) is 0 Å². The third kappa shape index (κ3) is 4.53. The van der Waals surface area contributed by atoms with Crippen LogP contribution in [0.3, 0.4) is 0 Å². The summed E-state index contributed by atoms with van der Waals surface area (Å²) in [5, 5.41) is 0. The van der Waals surface area contributed by atoms with E-state index in [1.807, 2.05) is 0 Å². The highest BCUT2D eigenvalue weighted by molar-refractivity contribution is 6.07. The molecule has 8 heteroatoms. The molecule has 146 valence electrons. The van der Waals surface area contributed by atoms with Crippen molar-refractivity contribution < 1.29 is 33.4 Å². The number of nitrogens with zero attached hydrogens (tertiary/aromatic N) is 1. The predicted molar refractivity (Wildman–Crippen MR) is 99.2 cm³/mol. The van der Waals surface area contributed by atoms with Gasteiger partial charge in [0.1, 0.15) is 12.3 Å². The quantitative estimate of drug-likeness (QED) is 0.541. The zero-order valence-corrected chi connectivity index (χ0v) is 15.6. The van der Waals surface area contributed by atoms with E-state index in [1.54, 1.807) is 30.4 Å². The third-order valence-electron chi connectivity index (χ3n) is 3.68. The van der Waals surface area contributed by atoms with Crippen LogP contribution in [-0.2, 0) is 28.6 Å². The zero-order valence-electron chi connectivity index (χ0n) is 15.6. The molecule has 0 saturated heterocycles. The highest BCUT2D eigenvalue weighted by atomic mass is 16.5. The van der Waals surface area contributed by atoms with E-state index in [9.17, 15) is 19.2 Å². The number of anilines is 1. The number of Topliss-reactive ketones (excluding diaryl/α,β-unsaturated/α-hetero) is 1. The van der Waals surface area contributed by atoms with Crippen LogP contribution in [0, 0.1) is 0 Å². The zero-order chi connectivity index (χ0) is 20.7. The summed E-state index contributed by atoms with van der Waals surface area (Å²) >= 11 is 0. The Hall–Kier alpha value is -3.68. The summed E-state index contributed by atoms with van der Waals surface area (Å²) < 4.78 is 14.6. The summed E-state index contributed by atoms with van der Waals surface area (Å²) in [7, 11) is 2.36. The first-order chi connectivity index (χ1) is 13.4. The number of rotatable bonds is 6. The van der Waals surface area contributed by atoms with Gasteiger partial charge < -0.3 is 19.1 Å². The van der Waals surface area contributed by atoms with Crippen LogP contribution in [-0.4, -0.2) is 44.5 Å². The molecule has 1 aromatic carbocycles. The van der Waals surface area contributed by atoms with Crippen LogP contribution in [0.4, 0.5) is 5.69 Å². The Morgan fingerprint density at radius 1 is 0.929 bits per heavy atom. The molecule has 0 atom stereocenters. The number of carbonyl (C=O) groups is 4. The Morgan fingerprint density at radius 3 is 2.25 bits per heavy atom. The number of hydrogen-bond acceptors (Lipinski definition) is 8. The van der Waals surface area contributed by atoms with Crippen LogP contribution in [0.15, 0.2) is 60.0 Å². The second-order valence-electron chi connectivity index (χ2n) is 5.61. The SMILES string of the molecule is COC(=O)C1=C(C(=O)OC)N(c2ccccc2C(=O)OCC(C)=O)C=CC=C1. The Labute approximate surface area is 161 Å². The van der Waals surface area contributed by atoms with Crippen LogP contribution in [0.25, 0.3) is 0 Å². The lowest BCUT2D eigenvalue weighted by molar-refractivity contribution is -0.139. The number of para-hydroxylation sites is 1.